The first-order chi connectivity index (χ1) is 10.0. The van der Waals surface area contributed by atoms with Crippen LogP contribution in [0, 0.1) is 0 Å². The zero-order valence-corrected chi connectivity index (χ0v) is 12.1. The molecule has 2 aromatic rings. The van der Waals surface area contributed by atoms with Gasteiger partial charge in [0.1, 0.15) is 0 Å². The van der Waals surface area contributed by atoms with Crippen LogP contribution in [-0.4, -0.2) is 27.6 Å². The van der Waals surface area contributed by atoms with E-state index in [2.05, 4.69) is 22.4 Å². The Morgan fingerprint density at radius 1 is 1.33 bits per heavy atom. The first-order valence-corrected chi connectivity index (χ1v) is 7.26. The molecule has 1 aliphatic rings. The molecule has 0 atom stereocenters. The molecule has 0 saturated heterocycles. The van der Waals surface area contributed by atoms with Gasteiger partial charge in [-0.15, -0.1) is 0 Å². The van der Waals surface area contributed by atoms with E-state index in [0.717, 1.165) is 12.0 Å². The van der Waals surface area contributed by atoms with E-state index >= 15 is 0 Å². The predicted molar refractivity (Wildman–Crippen MR) is 81.2 cm³/mol. The van der Waals surface area contributed by atoms with Crippen LogP contribution in [0.15, 0.2) is 42.7 Å². The van der Waals surface area contributed by atoms with Crippen LogP contribution >= 0.6 is 0 Å². The smallest absolute Gasteiger partial charge is 0.253 e. The molecule has 4 heteroatoms. The standard InChI is InChI=1S/C17H20N2O2/c1-17(21)8-14(9-17)19-16(20)15-11-18-10-13(15)7-12-5-3-2-4-6-12/h2-6,10-11,14,18,21H,7-9H2,1H3,(H,19,20). The monoisotopic (exact) mass is 284 g/mol. The maximum Gasteiger partial charge on any atom is 0.253 e. The van der Waals surface area contributed by atoms with Crippen molar-refractivity contribution in [2.24, 2.45) is 0 Å². The molecule has 1 fully saturated rings. The number of aromatic nitrogens is 1. The van der Waals surface area contributed by atoms with Gasteiger partial charge in [0.05, 0.1) is 11.2 Å². The van der Waals surface area contributed by atoms with Crippen LogP contribution in [0.3, 0.4) is 0 Å². The molecule has 1 aromatic heterocycles. The van der Waals surface area contributed by atoms with Gasteiger partial charge in [-0.05, 0) is 37.3 Å². The second-order valence-corrected chi connectivity index (χ2v) is 6.13. The van der Waals surface area contributed by atoms with Gasteiger partial charge in [-0.3, -0.25) is 4.79 Å². The Balaban J connectivity index is 1.66. The normalized spacial score (nSPS) is 24.4. The fourth-order valence-electron chi connectivity index (χ4n) is 2.94. The predicted octanol–water partition coefficient (Wildman–Crippen LogP) is 2.25. The molecule has 3 rings (SSSR count). The second kappa shape index (κ2) is 5.37. The van der Waals surface area contributed by atoms with Crippen LogP contribution in [0.1, 0.15) is 41.3 Å². The number of carbonyl (C=O) groups is 1. The zero-order valence-electron chi connectivity index (χ0n) is 12.1. The van der Waals surface area contributed by atoms with Crippen molar-refractivity contribution in [1.82, 2.24) is 10.3 Å². The van der Waals surface area contributed by atoms with Gasteiger partial charge in [0, 0.05) is 18.4 Å². The minimum Gasteiger partial charge on any atom is -0.390 e. The summed E-state index contributed by atoms with van der Waals surface area (Å²) in [5.74, 6) is -0.0670. The average molecular weight is 284 g/mol. The summed E-state index contributed by atoms with van der Waals surface area (Å²) in [6.07, 6.45) is 5.59. The minimum absolute atomic E-state index is 0.0670. The van der Waals surface area contributed by atoms with Crippen LogP contribution in [0.5, 0.6) is 0 Å². The molecule has 1 amide bonds. The third-order valence-electron chi connectivity index (χ3n) is 4.02. The summed E-state index contributed by atoms with van der Waals surface area (Å²) in [6.45, 7) is 1.80. The third kappa shape index (κ3) is 3.16. The third-order valence-corrected chi connectivity index (χ3v) is 4.02. The number of hydrogen-bond donors (Lipinski definition) is 3. The van der Waals surface area contributed by atoms with Gasteiger partial charge in [0.25, 0.3) is 5.91 Å². The Morgan fingerprint density at radius 2 is 2.05 bits per heavy atom. The molecule has 4 nitrogen and oxygen atoms in total. The summed E-state index contributed by atoms with van der Waals surface area (Å²) in [5.41, 5.74) is 2.23. The first kappa shape index (κ1) is 13.9. The van der Waals surface area contributed by atoms with E-state index in [1.54, 1.807) is 13.1 Å². The molecule has 1 aliphatic carbocycles. The van der Waals surface area contributed by atoms with Crippen molar-refractivity contribution in [2.45, 2.75) is 37.8 Å². The Labute approximate surface area is 124 Å². The highest BCUT2D eigenvalue weighted by Crippen LogP contribution is 2.31. The number of nitrogens with one attached hydrogen (secondary N) is 2. The lowest BCUT2D eigenvalue weighted by Crippen LogP contribution is -2.53. The van der Waals surface area contributed by atoms with Crippen molar-refractivity contribution >= 4 is 5.91 Å². The molecule has 21 heavy (non-hydrogen) atoms. The van der Waals surface area contributed by atoms with Gasteiger partial charge in [0.15, 0.2) is 0 Å². The number of benzene rings is 1. The van der Waals surface area contributed by atoms with Gasteiger partial charge in [-0.1, -0.05) is 30.3 Å². The molecule has 0 spiro atoms. The quantitative estimate of drug-likeness (QED) is 0.806. The Morgan fingerprint density at radius 3 is 2.71 bits per heavy atom. The summed E-state index contributed by atoms with van der Waals surface area (Å²) in [6, 6.07) is 10.2. The van der Waals surface area contributed by atoms with Crippen LogP contribution in [0.4, 0.5) is 0 Å². The Kier molecular flexibility index (Phi) is 3.55. The highest BCUT2D eigenvalue weighted by atomic mass is 16.3. The number of amides is 1. The summed E-state index contributed by atoms with van der Waals surface area (Å²) < 4.78 is 0. The van der Waals surface area contributed by atoms with Gasteiger partial charge >= 0.3 is 0 Å². The number of aromatic amines is 1. The van der Waals surface area contributed by atoms with E-state index in [1.165, 1.54) is 5.56 Å². The average Bonchev–Trinajstić information content (AvgIpc) is 2.86. The van der Waals surface area contributed by atoms with E-state index in [1.807, 2.05) is 24.4 Å². The van der Waals surface area contributed by atoms with E-state index in [9.17, 15) is 9.90 Å². The number of rotatable bonds is 4. The highest BCUT2D eigenvalue weighted by Gasteiger charge is 2.39. The summed E-state index contributed by atoms with van der Waals surface area (Å²) in [5, 5.41) is 12.7. The lowest BCUT2D eigenvalue weighted by molar-refractivity contribution is -0.0366. The summed E-state index contributed by atoms with van der Waals surface area (Å²) in [4.78, 5) is 15.3. The SMILES string of the molecule is CC1(O)CC(NC(=O)c2c[nH]cc2Cc2ccccc2)C1. The zero-order chi connectivity index (χ0) is 14.9. The molecule has 0 radical (unpaired) electrons. The summed E-state index contributed by atoms with van der Waals surface area (Å²) in [7, 11) is 0. The lowest BCUT2D eigenvalue weighted by Gasteiger charge is -2.41. The van der Waals surface area contributed by atoms with Crippen LogP contribution in [0.25, 0.3) is 0 Å². The summed E-state index contributed by atoms with van der Waals surface area (Å²) >= 11 is 0. The molecule has 0 unspecified atom stereocenters. The van der Waals surface area contributed by atoms with Gasteiger partial charge in [0.2, 0.25) is 0 Å². The second-order valence-electron chi connectivity index (χ2n) is 6.13. The maximum absolute atomic E-state index is 12.3. The van der Waals surface area contributed by atoms with Crippen molar-refractivity contribution in [2.75, 3.05) is 0 Å². The minimum atomic E-state index is -0.622. The van der Waals surface area contributed by atoms with Crippen molar-refractivity contribution in [3.05, 3.63) is 59.4 Å². The topological polar surface area (TPSA) is 65.1 Å². The number of carbonyl (C=O) groups excluding carboxylic acids is 1. The lowest BCUT2D eigenvalue weighted by atomic mass is 9.77. The van der Waals surface area contributed by atoms with E-state index in [-0.39, 0.29) is 11.9 Å². The molecule has 1 heterocycles. The maximum atomic E-state index is 12.3. The number of aliphatic hydroxyl groups is 1. The Hall–Kier alpha value is -2.07. The molecule has 0 bridgehead atoms. The highest BCUT2D eigenvalue weighted by molar-refractivity contribution is 5.95. The van der Waals surface area contributed by atoms with Crippen LogP contribution in [0.2, 0.25) is 0 Å². The molecule has 0 aliphatic heterocycles. The number of hydrogen-bond acceptors (Lipinski definition) is 2. The van der Waals surface area contributed by atoms with Crippen LogP contribution in [-0.2, 0) is 6.42 Å². The van der Waals surface area contributed by atoms with Crippen molar-refractivity contribution in [3.63, 3.8) is 0 Å². The van der Waals surface area contributed by atoms with Gasteiger partial charge < -0.3 is 15.4 Å². The largest absolute Gasteiger partial charge is 0.390 e. The molecular weight excluding hydrogens is 264 g/mol. The fourth-order valence-corrected chi connectivity index (χ4v) is 2.94. The first-order valence-electron chi connectivity index (χ1n) is 7.26. The van der Waals surface area contributed by atoms with Gasteiger partial charge in [-0.2, -0.15) is 0 Å². The molecule has 3 N–H and O–H groups in total. The molecular formula is C17H20N2O2. The number of H-pyrrole nitrogens is 1. The molecule has 1 saturated carbocycles. The van der Waals surface area contributed by atoms with Crippen molar-refractivity contribution in [3.8, 4) is 0 Å². The van der Waals surface area contributed by atoms with E-state index in [0.29, 0.717) is 18.4 Å². The van der Waals surface area contributed by atoms with E-state index in [4.69, 9.17) is 0 Å². The molecule has 110 valence electrons. The van der Waals surface area contributed by atoms with Crippen LogP contribution < -0.4 is 5.32 Å². The fraction of sp³-hybridized carbons (Fsp3) is 0.353. The molecule has 1 aromatic carbocycles. The van der Waals surface area contributed by atoms with Crippen molar-refractivity contribution in [1.29, 1.82) is 0 Å². The van der Waals surface area contributed by atoms with E-state index < -0.39 is 5.60 Å². The van der Waals surface area contributed by atoms with Gasteiger partial charge in [-0.25, -0.2) is 0 Å². The Bertz CT molecular complexity index is 623. The van der Waals surface area contributed by atoms with Crippen molar-refractivity contribution < 1.29 is 9.90 Å².